The molecular formula is C24H27F2NO4. The van der Waals surface area contributed by atoms with Gasteiger partial charge in [-0.3, -0.25) is 9.59 Å². The Labute approximate surface area is 181 Å². The number of rotatable bonds is 9. The van der Waals surface area contributed by atoms with E-state index >= 15 is 0 Å². The molecule has 31 heavy (non-hydrogen) atoms. The summed E-state index contributed by atoms with van der Waals surface area (Å²) in [5.41, 5.74) is 0.542. The smallest absolute Gasteiger partial charge is 0.168 e. The second-order valence-corrected chi connectivity index (χ2v) is 7.73. The van der Waals surface area contributed by atoms with Gasteiger partial charge < -0.3 is 14.4 Å². The van der Waals surface area contributed by atoms with E-state index < -0.39 is 11.6 Å². The van der Waals surface area contributed by atoms with Crippen LogP contribution in [0.25, 0.3) is 0 Å². The van der Waals surface area contributed by atoms with Crippen molar-refractivity contribution in [3.8, 4) is 11.5 Å². The van der Waals surface area contributed by atoms with Gasteiger partial charge in [0.1, 0.15) is 11.6 Å². The fourth-order valence-electron chi connectivity index (χ4n) is 3.80. The first-order chi connectivity index (χ1) is 14.9. The third kappa shape index (κ3) is 5.88. The second-order valence-electron chi connectivity index (χ2n) is 7.73. The van der Waals surface area contributed by atoms with Gasteiger partial charge in [0.15, 0.2) is 23.1 Å². The van der Waals surface area contributed by atoms with Gasteiger partial charge in [-0.25, -0.2) is 8.78 Å². The number of carbonyl (C=O) groups is 2. The van der Waals surface area contributed by atoms with Crippen LogP contribution in [0.4, 0.5) is 8.78 Å². The first-order valence-corrected chi connectivity index (χ1v) is 10.4. The molecule has 0 aliphatic carbocycles. The van der Waals surface area contributed by atoms with Crippen LogP contribution in [-0.4, -0.2) is 49.8 Å². The van der Waals surface area contributed by atoms with E-state index in [-0.39, 0.29) is 23.0 Å². The van der Waals surface area contributed by atoms with Crippen molar-refractivity contribution in [3.05, 3.63) is 59.2 Å². The lowest BCUT2D eigenvalue weighted by molar-refractivity contribution is 0.0830. The standard InChI is InChI=1S/C24H27F2NO4/c1-16(28)18-4-7-22(23(14-18)30-2)31-13-3-10-27-11-8-17(9-12-27)24(29)20-6-5-19(25)15-21(20)26/h4-7,14-15,17H,3,8-13H2,1-2H3. The molecule has 0 aromatic heterocycles. The maximum atomic E-state index is 13.9. The Balaban J connectivity index is 1.43. The molecule has 3 rings (SSSR count). The van der Waals surface area contributed by atoms with Gasteiger partial charge in [-0.05, 0) is 69.6 Å². The predicted molar refractivity (Wildman–Crippen MR) is 113 cm³/mol. The van der Waals surface area contributed by atoms with Crippen molar-refractivity contribution in [2.24, 2.45) is 5.92 Å². The maximum Gasteiger partial charge on any atom is 0.168 e. The lowest BCUT2D eigenvalue weighted by Crippen LogP contribution is -2.37. The summed E-state index contributed by atoms with van der Waals surface area (Å²) in [6, 6.07) is 8.23. The van der Waals surface area contributed by atoms with Crippen LogP contribution in [0.2, 0.25) is 0 Å². The molecule has 0 spiro atoms. The summed E-state index contributed by atoms with van der Waals surface area (Å²) in [6.07, 6.45) is 2.09. The van der Waals surface area contributed by atoms with Crippen LogP contribution in [0.5, 0.6) is 11.5 Å². The Morgan fingerprint density at radius 1 is 1.06 bits per heavy atom. The van der Waals surface area contributed by atoms with Gasteiger partial charge in [-0.1, -0.05) is 0 Å². The molecule has 2 aromatic rings. The van der Waals surface area contributed by atoms with Gasteiger partial charge in [0, 0.05) is 24.1 Å². The monoisotopic (exact) mass is 431 g/mol. The Bertz CT molecular complexity index is 939. The van der Waals surface area contributed by atoms with Crippen LogP contribution < -0.4 is 9.47 Å². The van der Waals surface area contributed by atoms with E-state index in [0.717, 1.165) is 38.2 Å². The predicted octanol–water partition coefficient (Wildman–Crippen LogP) is 4.54. The third-order valence-electron chi connectivity index (χ3n) is 5.60. The largest absolute Gasteiger partial charge is 0.493 e. The van der Waals surface area contributed by atoms with Crippen molar-refractivity contribution in [2.75, 3.05) is 33.4 Å². The number of hydrogen-bond acceptors (Lipinski definition) is 5. The number of carbonyl (C=O) groups excluding carboxylic acids is 2. The zero-order valence-electron chi connectivity index (χ0n) is 17.8. The third-order valence-corrected chi connectivity index (χ3v) is 5.60. The zero-order valence-corrected chi connectivity index (χ0v) is 17.8. The number of halogens is 2. The molecule has 0 bridgehead atoms. The Hall–Kier alpha value is -2.80. The number of ketones is 2. The number of Topliss-reactive ketones (excluding diaryl/α,β-unsaturated/α-hetero) is 2. The van der Waals surface area contributed by atoms with E-state index in [1.165, 1.54) is 20.1 Å². The minimum absolute atomic E-state index is 0.0296. The number of likely N-dealkylation sites (tertiary alicyclic amines) is 1. The van der Waals surface area contributed by atoms with Gasteiger partial charge in [0.05, 0.1) is 19.3 Å². The molecule has 1 saturated heterocycles. The average molecular weight is 431 g/mol. The fraction of sp³-hybridized carbons (Fsp3) is 0.417. The number of nitrogens with zero attached hydrogens (tertiary/aromatic N) is 1. The number of piperidine rings is 1. The second kappa shape index (κ2) is 10.5. The molecule has 0 radical (unpaired) electrons. The topological polar surface area (TPSA) is 55.8 Å². The Morgan fingerprint density at radius 3 is 2.45 bits per heavy atom. The molecular weight excluding hydrogens is 404 g/mol. The molecule has 2 aromatic carbocycles. The quantitative estimate of drug-likeness (QED) is 0.431. The van der Waals surface area contributed by atoms with Gasteiger partial charge >= 0.3 is 0 Å². The minimum Gasteiger partial charge on any atom is -0.493 e. The number of methoxy groups -OCH3 is 1. The highest BCUT2D eigenvalue weighted by Crippen LogP contribution is 2.28. The van der Waals surface area contributed by atoms with E-state index in [1.54, 1.807) is 18.2 Å². The molecule has 7 heteroatoms. The van der Waals surface area contributed by atoms with Gasteiger partial charge in [-0.15, -0.1) is 0 Å². The molecule has 1 heterocycles. The van der Waals surface area contributed by atoms with E-state index in [1.807, 2.05) is 0 Å². The molecule has 0 saturated carbocycles. The van der Waals surface area contributed by atoms with E-state index in [9.17, 15) is 18.4 Å². The molecule has 5 nitrogen and oxygen atoms in total. The van der Waals surface area contributed by atoms with Crippen molar-refractivity contribution in [3.63, 3.8) is 0 Å². The van der Waals surface area contributed by atoms with Gasteiger partial charge in [-0.2, -0.15) is 0 Å². The van der Waals surface area contributed by atoms with Crippen LogP contribution >= 0.6 is 0 Å². The molecule has 1 fully saturated rings. The highest BCUT2D eigenvalue weighted by molar-refractivity contribution is 5.98. The number of ether oxygens (including phenoxy) is 2. The van der Waals surface area contributed by atoms with Crippen molar-refractivity contribution < 1.29 is 27.8 Å². The summed E-state index contributed by atoms with van der Waals surface area (Å²) in [4.78, 5) is 26.3. The van der Waals surface area contributed by atoms with Crippen molar-refractivity contribution in [2.45, 2.75) is 26.2 Å². The number of benzene rings is 2. The van der Waals surface area contributed by atoms with Crippen molar-refractivity contribution in [1.29, 1.82) is 0 Å². The summed E-state index contributed by atoms with van der Waals surface area (Å²) in [5.74, 6) is -0.875. The maximum absolute atomic E-state index is 13.9. The van der Waals surface area contributed by atoms with Crippen LogP contribution in [0.3, 0.4) is 0 Å². The van der Waals surface area contributed by atoms with Crippen LogP contribution in [0.1, 0.15) is 46.9 Å². The molecule has 1 aliphatic rings. The summed E-state index contributed by atoms with van der Waals surface area (Å²) in [6.45, 7) is 4.31. The van der Waals surface area contributed by atoms with E-state index in [2.05, 4.69) is 4.90 Å². The summed E-state index contributed by atoms with van der Waals surface area (Å²) < 4.78 is 38.1. The van der Waals surface area contributed by atoms with Crippen LogP contribution in [0, 0.1) is 17.6 Å². The molecule has 0 unspecified atom stereocenters. The van der Waals surface area contributed by atoms with Gasteiger partial charge in [0.25, 0.3) is 0 Å². The minimum atomic E-state index is -0.795. The van der Waals surface area contributed by atoms with E-state index in [4.69, 9.17) is 9.47 Å². The normalized spacial score (nSPS) is 15.0. The first-order valence-electron chi connectivity index (χ1n) is 10.4. The molecule has 0 N–H and O–H groups in total. The summed E-state index contributed by atoms with van der Waals surface area (Å²) in [7, 11) is 1.54. The SMILES string of the molecule is COc1cc(C(C)=O)ccc1OCCCN1CCC(C(=O)c2ccc(F)cc2F)CC1. The highest BCUT2D eigenvalue weighted by atomic mass is 19.1. The molecule has 1 aliphatic heterocycles. The van der Waals surface area contributed by atoms with Crippen molar-refractivity contribution >= 4 is 11.6 Å². The summed E-state index contributed by atoms with van der Waals surface area (Å²) >= 11 is 0. The van der Waals surface area contributed by atoms with Gasteiger partial charge in [0.2, 0.25) is 0 Å². The van der Waals surface area contributed by atoms with Crippen molar-refractivity contribution in [1.82, 2.24) is 4.90 Å². The van der Waals surface area contributed by atoms with E-state index in [0.29, 0.717) is 36.5 Å². The van der Waals surface area contributed by atoms with Crippen LogP contribution in [-0.2, 0) is 0 Å². The molecule has 0 amide bonds. The molecule has 0 atom stereocenters. The number of hydrogen-bond donors (Lipinski definition) is 0. The summed E-state index contributed by atoms with van der Waals surface area (Å²) in [5, 5.41) is 0. The highest BCUT2D eigenvalue weighted by Gasteiger charge is 2.27. The first kappa shape index (κ1) is 22.9. The Kier molecular flexibility index (Phi) is 7.74. The van der Waals surface area contributed by atoms with Crippen LogP contribution in [0.15, 0.2) is 36.4 Å². The lowest BCUT2D eigenvalue weighted by Gasteiger charge is -2.31. The zero-order chi connectivity index (χ0) is 22.4. The lowest BCUT2D eigenvalue weighted by atomic mass is 9.88. The molecule has 166 valence electrons. The average Bonchev–Trinajstić information content (AvgIpc) is 2.76. The fourth-order valence-corrected chi connectivity index (χ4v) is 3.80. The Morgan fingerprint density at radius 2 is 1.81 bits per heavy atom.